The first-order valence-corrected chi connectivity index (χ1v) is 8.16. The molecule has 0 aliphatic heterocycles. The Bertz CT molecular complexity index is 1430. The first-order chi connectivity index (χ1) is 13.1. The number of fused-ring (bicyclic) bond motifs is 5. The fourth-order valence-electron chi connectivity index (χ4n) is 3.28. The van der Waals surface area contributed by atoms with Crippen molar-refractivity contribution in [2.24, 2.45) is 0 Å². The Morgan fingerprint density at radius 3 is 2.70 bits per heavy atom. The van der Waals surface area contributed by atoms with E-state index in [0.29, 0.717) is 22.4 Å². The van der Waals surface area contributed by atoms with E-state index in [4.69, 9.17) is 0 Å². The second kappa shape index (κ2) is 5.46. The molecule has 0 saturated carbocycles. The van der Waals surface area contributed by atoms with Crippen LogP contribution in [0.2, 0.25) is 0 Å². The summed E-state index contributed by atoms with van der Waals surface area (Å²) in [5, 5.41) is 11.4. The minimum absolute atomic E-state index is 0.0753. The van der Waals surface area contributed by atoms with Gasteiger partial charge in [-0.1, -0.05) is 18.2 Å². The van der Waals surface area contributed by atoms with E-state index in [9.17, 15) is 14.9 Å². The number of non-ortho nitro benzene ring substituents is 1. The Hall–Kier alpha value is -4.07. The molecule has 0 saturated heterocycles. The normalized spacial score (nSPS) is 11.4. The summed E-state index contributed by atoms with van der Waals surface area (Å²) in [6, 6.07) is 15.4. The van der Waals surface area contributed by atoms with E-state index in [0.717, 1.165) is 11.0 Å². The number of imidazole rings is 1. The highest BCUT2D eigenvalue weighted by Gasteiger charge is 2.13. The average Bonchev–Trinajstić information content (AvgIpc) is 3.07. The lowest BCUT2D eigenvalue weighted by Gasteiger charge is -2.08. The summed E-state index contributed by atoms with van der Waals surface area (Å²) in [6.07, 6.45) is 3.10. The third-order valence-electron chi connectivity index (χ3n) is 4.52. The van der Waals surface area contributed by atoms with Gasteiger partial charge in [0.05, 0.1) is 32.5 Å². The first kappa shape index (κ1) is 15.2. The Morgan fingerprint density at radius 1 is 1.00 bits per heavy atom. The van der Waals surface area contributed by atoms with Crippen LogP contribution in [0.25, 0.3) is 33.4 Å². The zero-order valence-corrected chi connectivity index (χ0v) is 13.8. The molecule has 0 spiro atoms. The predicted molar refractivity (Wildman–Crippen MR) is 100 cm³/mol. The van der Waals surface area contributed by atoms with Crippen molar-refractivity contribution in [2.75, 3.05) is 0 Å². The highest BCUT2D eigenvalue weighted by atomic mass is 16.6. The van der Waals surface area contributed by atoms with E-state index >= 15 is 0 Å². The molecule has 0 bridgehead atoms. The third kappa shape index (κ3) is 2.20. The van der Waals surface area contributed by atoms with E-state index in [-0.39, 0.29) is 11.2 Å². The molecule has 0 unspecified atom stereocenters. The molecule has 3 heterocycles. The molecule has 3 aromatic heterocycles. The van der Waals surface area contributed by atoms with Crippen molar-refractivity contribution < 1.29 is 4.92 Å². The molecule has 8 heteroatoms. The van der Waals surface area contributed by atoms with Crippen molar-refractivity contribution >= 4 is 33.4 Å². The largest absolute Gasteiger partial charge is 0.283 e. The molecule has 27 heavy (non-hydrogen) atoms. The summed E-state index contributed by atoms with van der Waals surface area (Å²) in [7, 11) is 0. The minimum atomic E-state index is -0.488. The Labute approximate surface area is 151 Å². The highest BCUT2D eigenvalue weighted by molar-refractivity contribution is 5.88. The minimum Gasteiger partial charge on any atom is -0.283 e. The molecule has 8 nitrogen and oxygen atoms in total. The molecule has 0 atom stereocenters. The summed E-state index contributed by atoms with van der Waals surface area (Å²) in [4.78, 5) is 32.4. The number of pyridine rings is 1. The lowest BCUT2D eigenvalue weighted by molar-refractivity contribution is -0.384. The lowest BCUT2D eigenvalue weighted by atomic mass is 10.2. The molecule has 0 radical (unpaired) electrons. The van der Waals surface area contributed by atoms with Crippen molar-refractivity contribution in [2.45, 2.75) is 0 Å². The van der Waals surface area contributed by atoms with Gasteiger partial charge in [-0.2, -0.15) is 0 Å². The molecule has 0 fully saturated rings. The highest BCUT2D eigenvalue weighted by Crippen LogP contribution is 2.21. The number of benzene rings is 2. The van der Waals surface area contributed by atoms with Gasteiger partial charge >= 0.3 is 0 Å². The molecular formula is C19H11N5O3. The maximum absolute atomic E-state index is 13.0. The van der Waals surface area contributed by atoms with Crippen LogP contribution >= 0.6 is 0 Å². The first-order valence-electron chi connectivity index (χ1n) is 8.16. The third-order valence-corrected chi connectivity index (χ3v) is 4.52. The van der Waals surface area contributed by atoms with Gasteiger partial charge in [0, 0.05) is 24.5 Å². The fraction of sp³-hybridized carbons (Fsp3) is 0. The summed E-state index contributed by atoms with van der Waals surface area (Å²) < 4.78 is 3.21. The zero-order chi connectivity index (χ0) is 18.5. The number of hydrogen-bond donors (Lipinski definition) is 0. The summed E-state index contributed by atoms with van der Waals surface area (Å²) in [6.45, 7) is 0. The van der Waals surface area contributed by atoms with Gasteiger partial charge in [-0.05, 0) is 24.3 Å². The summed E-state index contributed by atoms with van der Waals surface area (Å²) in [5.74, 6) is 0.510. The molecule has 0 amide bonds. The SMILES string of the molecule is O=c1c2cnc3nc4ccccc4n3c2ccn1-c1cccc([N+](=O)[O-])c1. The van der Waals surface area contributed by atoms with Crippen LogP contribution in [0.15, 0.2) is 71.8 Å². The fourth-order valence-corrected chi connectivity index (χ4v) is 3.28. The number of aromatic nitrogens is 4. The van der Waals surface area contributed by atoms with Gasteiger partial charge in [0.1, 0.15) is 0 Å². The number of nitrogens with zero attached hydrogens (tertiary/aromatic N) is 5. The van der Waals surface area contributed by atoms with Crippen LogP contribution in [0.3, 0.4) is 0 Å². The molecular weight excluding hydrogens is 346 g/mol. The quantitative estimate of drug-likeness (QED) is 0.357. The van der Waals surface area contributed by atoms with Crippen LogP contribution in [0, 0.1) is 10.1 Å². The molecule has 2 aromatic carbocycles. The molecule has 5 rings (SSSR count). The van der Waals surface area contributed by atoms with Gasteiger partial charge in [-0.3, -0.25) is 23.9 Å². The van der Waals surface area contributed by atoms with E-state index < -0.39 is 4.92 Å². The van der Waals surface area contributed by atoms with Gasteiger partial charge in [0.25, 0.3) is 11.2 Å². The standard InChI is InChI=1S/C19H11N5O3/c25-18-14-11-20-19-21-15-6-1-2-7-17(15)23(19)16(14)8-9-22(18)12-4-3-5-13(10-12)24(26)27/h1-11H. The molecule has 5 aromatic rings. The van der Waals surface area contributed by atoms with Crippen LogP contribution in [-0.4, -0.2) is 23.9 Å². The van der Waals surface area contributed by atoms with Crippen LogP contribution in [-0.2, 0) is 0 Å². The molecule has 130 valence electrons. The molecule has 0 aliphatic carbocycles. The Morgan fingerprint density at radius 2 is 1.85 bits per heavy atom. The van der Waals surface area contributed by atoms with E-state index in [1.807, 2.05) is 28.7 Å². The summed E-state index contributed by atoms with van der Waals surface area (Å²) in [5.41, 5.74) is 2.37. The van der Waals surface area contributed by atoms with Gasteiger partial charge in [0.2, 0.25) is 5.78 Å². The molecule has 0 aliphatic rings. The van der Waals surface area contributed by atoms with Crippen LogP contribution in [0.1, 0.15) is 0 Å². The van der Waals surface area contributed by atoms with Gasteiger partial charge in [-0.25, -0.2) is 9.97 Å². The van der Waals surface area contributed by atoms with Crippen molar-refractivity contribution in [3.63, 3.8) is 0 Å². The zero-order valence-electron chi connectivity index (χ0n) is 13.8. The average molecular weight is 357 g/mol. The van der Waals surface area contributed by atoms with Crippen LogP contribution < -0.4 is 5.56 Å². The van der Waals surface area contributed by atoms with E-state index in [1.165, 1.54) is 22.9 Å². The number of nitro groups is 1. The Balaban J connectivity index is 1.83. The number of para-hydroxylation sites is 2. The number of rotatable bonds is 2. The van der Waals surface area contributed by atoms with Crippen molar-refractivity contribution in [3.05, 3.63) is 87.5 Å². The van der Waals surface area contributed by atoms with Crippen LogP contribution in [0.4, 0.5) is 5.69 Å². The van der Waals surface area contributed by atoms with E-state index in [1.54, 1.807) is 24.4 Å². The van der Waals surface area contributed by atoms with Gasteiger partial charge < -0.3 is 0 Å². The lowest BCUT2D eigenvalue weighted by Crippen LogP contribution is -2.18. The second-order valence-corrected chi connectivity index (χ2v) is 6.06. The summed E-state index contributed by atoms with van der Waals surface area (Å²) >= 11 is 0. The van der Waals surface area contributed by atoms with Crippen molar-refractivity contribution in [3.8, 4) is 5.69 Å². The number of nitro benzene ring substituents is 1. The van der Waals surface area contributed by atoms with E-state index in [2.05, 4.69) is 9.97 Å². The second-order valence-electron chi connectivity index (χ2n) is 6.06. The van der Waals surface area contributed by atoms with Crippen molar-refractivity contribution in [1.29, 1.82) is 0 Å². The number of hydrogen-bond acceptors (Lipinski definition) is 5. The molecule has 0 N–H and O–H groups in total. The Kier molecular flexibility index (Phi) is 3.08. The monoisotopic (exact) mass is 357 g/mol. The van der Waals surface area contributed by atoms with Gasteiger partial charge in [-0.15, -0.1) is 0 Å². The predicted octanol–water partition coefficient (Wildman–Crippen LogP) is 3.09. The van der Waals surface area contributed by atoms with Gasteiger partial charge in [0.15, 0.2) is 0 Å². The smallest absolute Gasteiger partial charge is 0.271 e. The maximum atomic E-state index is 13.0. The van der Waals surface area contributed by atoms with Crippen LogP contribution in [0.5, 0.6) is 0 Å². The topological polar surface area (TPSA) is 95.3 Å². The van der Waals surface area contributed by atoms with Crippen molar-refractivity contribution in [1.82, 2.24) is 18.9 Å². The maximum Gasteiger partial charge on any atom is 0.271 e.